The summed E-state index contributed by atoms with van der Waals surface area (Å²) in [5.41, 5.74) is 3.74. The molecule has 2 rings (SSSR count). The van der Waals surface area contributed by atoms with Crippen LogP contribution in [-0.2, 0) is 6.61 Å². The van der Waals surface area contributed by atoms with Gasteiger partial charge >= 0.3 is 0 Å². The third-order valence-corrected chi connectivity index (χ3v) is 2.91. The highest BCUT2D eigenvalue weighted by molar-refractivity contribution is 5.47. The standard InChI is InChI=1S/C16H13N3O/c1-11-5-14(8-17)6-12(2)16(11)20-10-13-3-4-19-15(7-13)9-18/h3-7H,10H2,1-2H3. The molecule has 4 heteroatoms. The van der Waals surface area contributed by atoms with Crippen LogP contribution < -0.4 is 4.74 Å². The van der Waals surface area contributed by atoms with Crippen molar-refractivity contribution < 1.29 is 4.74 Å². The molecule has 0 bridgehead atoms. The normalized spacial score (nSPS) is 9.60. The Bertz CT molecular complexity index is 700. The molecule has 1 heterocycles. The van der Waals surface area contributed by atoms with Crippen LogP contribution in [0.5, 0.6) is 5.75 Å². The predicted octanol–water partition coefficient (Wildman–Crippen LogP) is 3.02. The first-order valence-corrected chi connectivity index (χ1v) is 6.13. The Labute approximate surface area is 117 Å². The lowest BCUT2D eigenvalue weighted by Crippen LogP contribution is -2.00. The zero-order chi connectivity index (χ0) is 14.5. The van der Waals surface area contributed by atoms with E-state index in [0.717, 1.165) is 22.4 Å². The first-order chi connectivity index (χ1) is 9.63. The van der Waals surface area contributed by atoms with Gasteiger partial charge in [-0.2, -0.15) is 10.5 Å². The summed E-state index contributed by atoms with van der Waals surface area (Å²) in [7, 11) is 0. The number of ether oxygens (including phenoxy) is 1. The topological polar surface area (TPSA) is 69.7 Å². The second kappa shape index (κ2) is 5.86. The van der Waals surface area contributed by atoms with Crippen LogP contribution in [0.15, 0.2) is 30.5 Å². The quantitative estimate of drug-likeness (QED) is 0.853. The molecule has 0 atom stereocenters. The van der Waals surface area contributed by atoms with E-state index in [1.54, 1.807) is 24.4 Å². The Balaban J connectivity index is 2.19. The van der Waals surface area contributed by atoms with E-state index in [4.69, 9.17) is 15.3 Å². The van der Waals surface area contributed by atoms with Crippen molar-refractivity contribution in [1.29, 1.82) is 10.5 Å². The molecule has 0 N–H and O–H groups in total. The SMILES string of the molecule is Cc1cc(C#N)cc(C)c1OCc1ccnc(C#N)c1. The molecule has 0 spiro atoms. The Morgan fingerprint density at radius 1 is 1.10 bits per heavy atom. The highest BCUT2D eigenvalue weighted by atomic mass is 16.5. The molecular weight excluding hydrogens is 250 g/mol. The minimum absolute atomic E-state index is 0.366. The average molecular weight is 263 g/mol. The van der Waals surface area contributed by atoms with Gasteiger partial charge in [0.25, 0.3) is 0 Å². The van der Waals surface area contributed by atoms with Crippen molar-refractivity contribution in [2.45, 2.75) is 20.5 Å². The average Bonchev–Trinajstić information content (AvgIpc) is 2.46. The van der Waals surface area contributed by atoms with Crippen molar-refractivity contribution in [2.24, 2.45) is 0 Å². The van der Waals surface area contributed by atoms with Crippen molar-refractivity contribution in [3.8, 4) is 17.9 Å². The van der Waals surface area contributed by atoms with Crippen LogP contribution in [0, 0.1) is 36.5 Å². The molecule has 0 amide bonds. The van der Waals surface area contributed by atoms with Gasteiger partial charge in [-0.3, -0.25) is 0 Å². The van der Waals surface area contributed by atoms with Gasteiger partial charge in [-0.15, -0.1) is 0 Å². The minimum Gasteiger partial charge on any atom is -0.488 e. The fourth-order valence-electron chi connectivity index (χ4n) is 2.02. The minimum atomic E-state index is 0.366. The van der Waals surface area contributed by atoms with E-state index in [2.05, 4.69) is 11.1 Å². The van der Waals surface area contributed by atoms with E-state index in [1.807, 2.05) is 26.0 Å². The lowest BCUT2D eigenvalue weighted by molar-refractivity contribution is 0.302. The van der Waals surface area contributed by atoms with Gasteiger partial charge in [0.15, 0.2) is 0 Å². The van der Waals surface area contributed by atoms with Crippen LogP contribution in [0.25, 0.3) is 0 Å². The molecule has 0 radical (unpaired) electrons. The number of hydrogen-bond donors (Lipinski definition) is 0. The first-order valence-electron chi connectivity index (χ1n) is 6.13. The summed E-state index contributed by atoms with van der Waals surface area (Å²) in [4.78, 5) is 3.92. The number of aryl methyl sites for hydroxylation is 2. The van der Waals surface area contributed by atoms with Crippen LogP contribution in [0.4, 0.5) is 0 Å². The molecule has 0 aliphatic rings. The molecule has 1 aromatic heterocycles. The first kappa shape index (κ1) is 13.6. The molecule has 98 valence electrons. The van der Waals surface area contributed by atoms with E-state index in [-0.39, 0.29) is 0 Å². The van der Waals surface area contributed by atoms with E-state index < -0.39 is 0 Å². The molecule has 1 aromatic carbocycles. The number of rotatable bonds is 3. The molecule has 0 fully saturated rings. The maximum absolute atomic E-state index is 8.91. The maximum atomic E-state index is 8.91. The third-order valence-electron chi connectivity index (χ3n) is 2.91. The van der Waals surface area contributed by atoms with Gasteiger partial charge in [0.1, 0.15) is 24.1 Å². The molecule has 0 aliphatic heterocycles. The molecule has 4 nitrogen and oxygen atoms in total. The zero-order valence-electron chi connectivity index (χ0n) is 11.3. The second-order valence-corrected chi connectivity index (χ2v) is 4.50. The summed E-state index contributed by atoms with van der Waals surface area (Å²) in [6.07, 6.45) is 1.59. The number of pyridine rings is 1. The lowest BCUT2D eigenvalue weighted by Gasteiger charge is -2.12. The van der Waals surface area contributed by atoms with Gasteiger partial charge in [-0.1, -0.05) is 0 Å². The second-order valence-electron chi connectivity index (χ2n) is 4.50. The number of benzene rings is 1. The molecule has 0 saturated carbocycles. The Hall–Kier alpha value is -2.85. The van der Waals surface area contributed by atoms with Crippen molar-refractivity contribution in [3.63, 3.8) is 0 Å². The van der Waals surface area contributed by atoms with Gasteiger partial charge in [0, 0.05) is 6.20 Å². The zero-order valence-corrected chi connectivity index (χ0v) is 11.3. The number of aromatic nitrogens is 1. The Kier molecular flexibility index (Phi) is 3.98. The van der Waals surface area contributed by atoms with Crippen LogP contribution in [0.3, 0.4) is 0 Å². The van der Waals surface area contributed by atoms with Gasteiger partial charge in [-0.05, 0) is 54.8 Å². The summed E-state index contributed by atoms with van der Waals surface area (Å²) < 4.78 is 5.81. The molecule has 0 unspecified atom stereocenters. The molecule has 2 aromatic rings. The molecule has 20 heavy (non-hydrogen) atoms. The predicted molar refractivity (Wildman–Crippen MR) is 73.9 cm³/mol. The summed E-state index contributed by atoms with van der Waals surface area (Å²) >= 11 is 0. The highest BCUT2D eigenvalue weighted by Crippen LogP contribution is 2.25. The van der Waals surface area contributed by atoms with Crippen LogP contribution >= 0.6 is 0 Å². The molecule has 0 saturated heterocycles. The molecule has 0 aliphatic carbocycles. The fraction of sp³-hybridized carbons (Fsp3) is 0.188. The van der Waals surface area contributed by atoms with Gasteiger partial charge in [-0.25, -0.2) is 4.98 Å². The monoisotopic (exact) mass is 263 g/mol. The summed E-state index contributed by atoms with van der Waals surface area (Å²) in [5.74, 6) is 0.777. The van der Waals surface area contributed by atoms with Crippen molar-refractivity contribution >= 4 is 0 Å². The van der Waals surface area contributed by atoms with E-state index in [1.165, 1.54) is 0 Å². The van der Waals surface area contributed by atoms with Gasteiger partial charge < -0.3 is 4.74 Å². The van der Waals surface area contributed by atoms with Crippen molar-refractivity contribution in [2.75, 3.05) is 0 Å². The van der Waals surface area contributed by atoms with Crippen LogP contribution in [0.1, 0.15) is 27.9 Å². The number of nitriles is 2. The summed E-state index contributed by atoms with van der Waals surface area (Å²) in [5, 5.41) is 17.7. The number of nitrogens with zero attached hydrogens (tertiary/aromatic N) is 3. The maximum Gasteiger partial charge on any atom is 0.140 e. The Morgan fingerprint density at radius 2 is 1.80 bits per heavy atom. The van der Waals surface area contributed by atoms with Gasteiger partial charge in [0.2, 0.25) is 0 Å². The summed E-state index contributed by atoms with van der Waals surface area (Å²) in [6, 6.07) is 11.2. The van der Waals surface area contributed by atoms with Crippen LogP contribution in [0.2, 0.25) is 0 Å². The van der Waals surface area contributed by atoms with Crippen molar-refractivity contribution in [3.05, 3.63) is 58.4 Å². The largest absolute Gasteiger partial charge is 0.488 e. The number of hydrogen-bond acceptors (Lipinski definition) is 4. The van der Waals surface area contributed by atoms with Gasteiger partial charge in [0.05, 0.1) is 11.6 Å². The van der Waals surface area contributed by atoms with E-state index in [9.17, 15) is 0 Å². The summed E-state index contributed by atoms with van der Waals surface area (Å²) in [6.45, 7) is 4.19. The lowest BCUT2D eigenvalue weighted by atomic mass is 10.1. The van der Waals surface area contributed by atoms with E-state index >= 15 is 0 Å². The van der Waals surface area contributed by atoms with Crippen molar-refractivity contribution in [1.82, 2.24) is 4.98 Å². The van der Waals surface area contributed by atoms with E-state index in [0.29, 0.717) is 17.9 Å². The third kappa shape index (κ3) is 2.93. The smallest absolute Gasteiger partial charge is 0.140 e. The Morgan fingerprint density at radius 3 is 2.40 bits per heavy atom. The highest BCUT2D eigenvalue weighted by Gasteiger charge is 2.07. The molecular formula is C16H13N3O. The fourth-order valence-corrected chi connectivity index (χ4v) is 2.02. The van der Waals surface area contributed by atoms with Crippen LogP contribution in [-0.4, -0.2) is 4.98 Å².